The minimum absolute atomic E-state index is 0.0150. The van der Waals surface area contributed by atoms with Crippen LogP contribution in [-0.2, 0) is 14.3 Å². The van der Waals surface area contributed by atoms with Crippen molar-refractivity contribution in [1.29, 1.82) is 0 Å². The Kier molecular flexibility index (Phi) is 6.30. The monoisotopic (exact) mass is 283 g/mol. The lowest BCUT2D eigenvalue weighted by molar-refractivity contribution is -0.137. The molecule has 1 saturated carbocycles. The summed E-state index contributed by atoms with van der Waals surface area (Å²) in [6.45, 7) is 5.69. The van der Waals surface area contributed by atoms with Gasteiger partial charge in [-0.2, -0.15) is 0 Å². The van der Waals surface area contributed by atoms with E-state index in [1.807, 2.05) is 6.92 Å². The van der Waals surface area contributed by atoms with Crippen molar-refractivity contribution in [1.82, 2.24) is 5.32 Å². The van der Waals surface area contributed by atoms with Crippen LogP contribution in [0.4, 0.5) is 0 Å². The van der Waals surface area contributed by atoms with Gasteiger partial charge in [0.15, 0.2) is 0 Å². The van der Waals surface area contributed by atoms with E-state index in [-0.39, 0.29) is 18.1 Å². The molecule has 4 atom stereocenters. The molecular formula is C16H29NO3. The predicted molar refractivity (Wildman–Crippen MR) is 78.6 cm³/mol. The molecule has 2 fully saturated rings. The molecule has 0 radical (unpaired) electrons. The van der Waals surface area contributed by atoms with Gasteiger partial charge in [0.2, 0.25) is 5.91 Å². The van der Waals surface area contributed by atoms with E-state index < -0.39 is 0 Å². The molecule has 0 unspecified atom stereocenters. The third-order valence-corrected chi connectivity index (χ3v) is 4.44. The normalized spacial score (nSPS) is 32.0. The molecule has 1 amide bonds. The van der Waals surface area contributed by atoms with Crippen LogP contribution in [0.1, 0.15) is 58.8 Å². The van der Waals surface area contributed by atoms with E-state index in [0.29, 0.717) is 12.6 Å². The number of hydrogen-bond donors (Lipinski definition) is 1. The van der Waals surface area contributed by atoms with Crippen LogP contribution >= 0.6 is 0 Å². The summed E-state index contributed by atoms with van der Waals surface area (Å²) < 4.78 is 11.4. The second-order valence-corrected chi connectivity index (χ2v) is 6.39. The van der Waals surface area contributed by atoms with Gasteiger partial charge in [-0.1, -0.05) is 19.8 Å². The van der Waals surface area contributed by atoms with Crippen LogP contribution in [0.15, 0.2) is 0 Å². The molecule has 4 nitrogen and oxygen atoms in total. The Balaban J connectivity index is 1.61. The molecule has 2 rings (SSSR count). The maximum absolute atomic E-state index is 12.0. The van der Waals surface area contributed by atoms with E-state index in [2.05, 4.69) is 12.2 Å². The summed E-state index contributed by atoms with van der Waals surface area (Å²) in [7, 11) is 0. The van der Waals surface area contributed by atoms with Crippen LogP contribution in [0.25, 0.3) is 0 Å². The number of hydrogen-bond acceptors (Lipinski definition) is 3. The van der Waals surface area contributed by atoms with Gasteiger partial charge in [0, 0.05) is 13.2 Å². The Morgan fingerprint density at radius 1 is 1.35 bits per heavy atom. The maximum atomic E-state index is 12.0. The van der Waals surface area contributed by atoms with Crippen molar-refractivity contribution in [2.75, 3.05) is 13.2 Å². The molecule has 2 aliphatic rings. The molecule has 0 spiro atoms. The van der Waals surface area contributed by atoms with Gasteiger partial charge >= 0.3 is 0 Å². The average molecular weight is 283 g/mol. The molecule has 4 heteroatoms. The molecule has 1 aliphatic heterocycles. The van der Waals surface area contributed by atoms with Gasteiger partial charge in [0.25, 0.3) is 0 Å². The van der Waals surface area contributed by atoms with E-state index in [1.165, 1.54) is 12.8 Å². The van der Waals surface area contributed by atoms with E-state index in [1.54, 1.807) is 0 Å². The maximum Gasteiger partial charge on any atom is 0.248 e. The molecule has 1 aliphatic carbocycles. The summed E-state index contributed by atoms with van der Waals surface area (Å²) in [5.74, 6) is 0.741. The highest BCUT2D eigenvalue weighted by Gasteiger charge is 2.24. The largest absolute Gasteiger partial charge is 0.378 e. The minimum atomic E-state index is -0.338. The second kappa shape index (κ2) is 7.99. The van der Waals surface area contributed by atoms with Crippen molar-refractivity contribution in [2.45, 2.75) is 77.1 Å². The van der Waals surface area contributed by atoms with Gasteiger partial charge < -0.3 is 14.8 Å². The molecular weight excluding hydrogens is 254 g/mol. The van der Waals surface area contributed by atoms with Crippen LogP contribution in [0.5, 0.6) is 0 Å². The van der Waals surface area contributed by atoms with Gasteiger partial charge in [0.1, 0.15) is 6.10 Å². The summed E-state index contributed by atoms with van der Waals surface area (Å²) in [6, 6.07) is 0. The summed E-state index contributed by atoms with van der Waals surface area (Å²) in [5, 5.41) is 2.97. The number of ether oxygens (including phenoxy) is 2. The highest BCUT2D eigenvalue weighted by molar-refractivity contribution is 5.80. The minimum Gasteiger partial charge on any atom is -0.378 e. The van der Waals surface area contributed by atoms with Crippen LogP contribution in [0.3, 0.4) is 0 Å². The first-order valence-corrected chi connectivity index (χ1v) is 8.20. The van der Waals surface area contributed by atoms with Gasteiger partial charge in [0.05, 0.1) is 12.2 Å². The molecule has 0 aromatic rings. The Labute approximate surface area is 122 Å². The number of carbonyl (C=O) groups is 1. The summed E-state index contributed by atoms with van der Waals surface area (Å²) in [4.78, 5) is 12.0. The number of carbonyl (C=O) groups excluding carboxylic acids is 1. The standard InChI is InChI=1S/C16H29NO3/c1-12-5-3-6-15(11-12)20-13(2)16(18)17-9-8-14-7-4-10-19-14/h12-15H,3-11H2,1-2H3,(H,17,18)/t12-,13-,14+,15+/m1/s1. The van der Waals surface area contributed by atoms with E-state index in [0.717, 1.165) is 44.6 Å². The lowest BCUT2D eigenvalue weighted by atomic mass is 9.88. The quantitative estimate of drug-likeness (QED) is 0.815. The van der Waals surface area contributed by atoms with Crippen molar-refractivity contribution < 1.29 is 14.3 Å². The van der Waals surface area contributed by atoms with Crippen LogP contribution < -0.4 is 5.32 Å². The first-order chi connectivity index (χ1) is 9.65. The molecule has 116 valence electrons. The predicted octanol–water partition coefficient (Wildman–Crippen LogP) is 2.66. The summed E-state index contributed by atoms with van der Waals surface area (Å²) >= 11 is 0. The second-order valence-electron chi connectivity index (χ2n) is 6.39. The van der Waals surface area contributed by atoms with Gasteiger partial charge in [-0.3, -0.25) is 4.79 Å². The Morgan fingerprint density at radius 2 is 2.20 bits per heavy atom. The number of amides is 1. The lowest BCUT2D eigenvalue weighted by Gasteiger charge is -2.29. The molecule has 1 N–H and O–H groups in total. The zero-order valence-electron chi connectivity index (χ0n) is 12.9. The Hall–Kier alpha value is -0.610. The van der Waals surface area contributed by atoms with E-state index >= 15 is 0 Å². The third-order valence-electron chi connectivity index (χ3n) is 4.44. The molecule has 0 aromatic carbocycles. The van der Waals surface area contributed by atoms with E-state index in [9.17, 15) is 4.79 Å². The smallest absolute Gasteiger partial charge is 0.248 e. The van der Waals surface area contributed by atoms with Crippen molar-refractivity contribution in [2.24, 2.45) is 5.92 Å². The zero-order valence-corrected chi connectivity index (χ0v) is 12.9. The Bertz CT molecular complexity index is 302. The van der Waals surface area contributed by atoms with Crippen molar-refractivity contribution in [3.8, 4) is 0 Å². The van der Waals surface area contributed by atoms with Gasteiger partial charge in [-0.15, -0.1) is 0 Å². The van der Waals surface area contributed by atoms with Crippen molar-refractivity contribution >= 4 is 5.91 Å². The molecule has 0 aromatic heterocycles. The van der Waals surface area contributed by atoms with Crippen LogP contribution in [0.2, 0.25) is 0 Å². The Morgan fingerprint density at radius 3 is 2.90 bits per heavy atom. The first kappa shape index (κ1) is 15.8. The number of nitrogens with one attached hydrogen (secondary N) is 1. The fourth-order valence-corrected chi connectivity index (χ4v) is 3.22. The summed E-state index contributed by atoms with van der Waals surface area (Å²) in [6.07, 6.45) is 8.16. The molecule has 1 saturated heterocycles. The average Bonchev–Trinajstić information content (AvgIpc) is 2.91. The van der Waals surface area contributed by atoms with Gasteiger partial charge in [-0.25, -0.2) is 0 Å². The number of rotatable bonds is 6. The SMILES string of the molecule is C[C@@H]1CCC[C@H](O[C@H](C)C(=O)NCC[C@@H]2CCCO2)C1. The highest BCUT2D eigenvalue weighted by atomic mass is 16.5. The van der Waals surface area contributed by atoms with E-state index in [4.69, 9.17) is 9.47 Å². The van der Waals surface area contributed by atoms with Crippen molar-refractivity contribution in [3.05, 3.63) is 0 Å². The van der Waals surface area contributed by atoms with Crippen LogP contribution in [-0.4, -0.2) is 37.4 Å². The summed E-state index contributed by atoms with van der Waals surface area (Å²) in [5.41, 5.74) is 0. The lowest BCUT2D eigenvalue weighted by Crippen LogP contribution is -2.38. The third kappa shape index (κ3) is 5.06. The zero-order chi connectivity index (χ0) is 14.4. The van der Waals surface area contributed by atoms with Gasteiger partial charge in [-0.05, 0) is 44.9 Å². The highest BCUT2D eigenvalue weighted by Crippen LogP contribution is 2.26. The molecule has 0 bridgehead atoms. The topological polar surface area (TPSA) is 47.6 Å². The fraction of sp³-hybridized carbons (Fsp3) is 0.938. The van der Waals surface area contributed by atoms with Crippen molar-refractivity contribution in [3.63, 3.8) is 0 Å². The first-order valence-electron chi connectivity index (χ1n) is 8.20. The molecule has 20 heavy (non-hydrogen) atoms. The van der Waals surface area contributed by atoms with Crippen LogP contribution in [0, 0.1) is 5.92 Å². The fourth-order valence-electron chi connectivity index (χ4n) is 3.22. The molecule has 1 heterocycles.